The first-order valence-electron chi connectivity index (χ1n) is 8.21. The van der Waals surface area contributed by atoms with Crippen LogP contribution in [0.1, 0.15) is 24.3 Å². The van der Waals surface area contributed by atoms with Crippen molar-refractivity contribution in [1.82, 2.24) is 15.2 Å². The molecule has 2 heterocycles. The normalized spacial score (nSPS) is 18.6. The number of carboxylic acids is 1. The minimum Gasteiger partial charge on any atom is -0.480 e. The highest BCUT2D eigenvalue weighted by atomic mass is 32.1. The summed E-state index contributed by atoms with van der Waals surface area (Å²) in [7, 11) is 0. The largest absolute Gasteiger partial charge is 0.480 e. The van der Waals surface area contributed by atoms with Crippen molar-refractivity contribution >= 4 is 33.4 Å². The van der Waals surface area contributed by atoms with E-state index < -0.39 is 12.0 Å². The number of rotatable bonds is 6. The molecule has 0 saturated carbocycles. The molecule has 24 heavy (non-hydrogen) atoms. The molecule has 1 aromatic carbocycles. The zero-order valence-electron chi connectivity index (χ0n) is 13.4. The number of hydrogen-bond acceptors (Lipinski definition) is 5. The van der Waals surface area contributed by atoms with Crippen LogP contribution in [-0.2, 0) is 16.0 Å². The number of likely N-dealkylation sites (tertiary alicyclic amines) is 1. The van der Waals surface area contributed by atoms with Gasteiger partial charge in [0.15, 0.2) is 0 Å². The number of nitrogens with zero attached hydrogens (tertiary/aromatic N) is 2. The molecule has 0 spiro atoms. The third kappa shape index (κ3) is 4.10. The Bertz CT molecular complexity index is 698. The second-order valence-electron chi connectivity index (χ2n) is 6.00. The Labute approximate surface area is 144 Å². The lowest BCUT2D eigenvalue weighted by atomic mass is 10.0. The second-order valence-corrected chi connectivity index (χ2v) is 7.11. The van der Waals surface area contributed by atoms with Gasteiger partial charge in [-0.2, -0.15) is 0 Å². The molecule has 2 aromatic rings. The van der Waals surface area contributed by atoms with E-state index in [-0.39, 0.29) is 12.5 Å². The minimum absolute atomic E-state index is 0.121. The van der Waals surface area contributed by atoms with Gasteiger partial charge in [-0.25, -0.2) is 4.98 Å². The summed E-state index contributed by atoms with van der Waals surface area (Å²) in [6, 6.07) is 7.44. The van der Waals surface area contributed by atoms with Crippen LogP contribution < -0.4 is 5.32 Å². The van der Waals surface area contributed by atoms with Crippen molar-refractivity contribution in [2.75, 3.05) is 19.6 Å². The van der Waals surface area contributed by atoms with E-state index in [4.69, 9.17) is 0 Å². The molecular formula is C17H21N3O3S. The molecule has 1 aromatic heterocycles. The Hall–Kier alpha value is -1.99. The minimum atomic E-state index is -0.836. The van der Waals surface area contributed by atoms with Crippen LogP contribution in [0, 0.1) is 0 Å². The third-order valence-electron chi connectivity index (χ3n) is 4.24. The SMILES string of the molecule is O=C(CN1CCCCC1C(=O)O)NCCc1nc2ccccc2s1. The van der Waals surface area contributed by atoms with Gasteiger partial charge in [0.2, 0.25) is 5.91 Å². The van der Waals surface area contributed by atoms with E-state index in [1.807, 2.05) is 24.3 Å². The Morgan fingerprint density at radius 1 is 1.33 bits per heavy atom. The summed E-state index contributed by atoms with van der Waals surface area (Å²) in [5.41, 5.74) is 0.987. The molecule has 1 atom stereocenters. The quantitative estimate of drug-likeness (QED) is 0.834. The Morgan fingerprint density at radius 3 is 2.96 bits per heavy atom. The number of fused-ring (bicyclic) bond motifs is 1. The van der Waals surface area contributed by atoms with Gasteiger partial charge in [0.25, 0.3) is 0 Å². The number of para-hydroxylation sites is 1. The van der Waals surface area contributed by atoms with Gasteiger partial charge in [0.1, 0.15) is 6.04 Å². The summed E-state index contributed by atoms with van der Waals surface area (Å²) >= 11 is 1.64. The van der Waals surface area contributed by atoms with Crippen molar-refractivity contribution in [2.45, 2.75) is 31.7 Å². The fourth-order valence-corrected chi connectivity index (χ4v) is 4.00. The summed E-state index contributed by atoms with van der Waals surface area (Å²) in [5.74, 6) is -0.957. The van der Waals surface area contributed by atoms with Crippen LogP contribution in [0.5, 0.6) is 0 Å². The van der Waals surface area contributed by atoms with E-state index in [1.165, 1.54) is 0 Å². The first kappa shape index (κ1) is 16.9. The topological polar surface area (TPSA) is 82.5 Å². The highest BCUT2D eigenvalue weighted by Crippen LogP contribution is 2.21. The molecule has 7 heteroatoms. The smallest absolute Gasteiger partial charge is 0.320 e. The number of amides is 1. The van der Waals surface area contributed by atoms with Gasteiger partial charge in [0, 0.05) is 13.0 Å². The van der Waals surface area contributed by atoms with E-state index >= 15 is 0 Å². The molecule has 1 aliphatic rings. The van der Waals surface area contributed by atoms with Crippen molar-refractivity contribution in [3.05, 3.63) is 29.3 Å². The maximum Gasteiger partial charge on any atom is 0.320 e. The molecule has 128 valence electrons. The van der Waals surface area contributed by atoms with Crippen molar-refractivity contribution < 1.29 is 14.7 Å². The number of aromatic nitrogens is 1. The van der Waals surface area contributed by atoms with Gasteiger partial charge in [-0.3, -0.25) is 14.5 Å². The molecule has 3 rings (SSSR count). The highest BCUT2D eigenvalue weighted by molar-refractivity contribution is 7.18. The third-order valence-corrected chi connectivity index (χ3v) is 5.34. The lowest BCUT2D eigenvalue weighted by molar-refractivity contribution is -0.145. The fourth-order valence-electron chi connectivity index (χ4n) is 3.04. The zero-order valence-corrected chi connectivity index (χ0v) is 14.2. The van der Waals surface area contributed by atoms with Gasteiger partial charge in [0.05, 0.1) is 21.8 Å². The van der Waals surface area contributed by atoms with Gasteiger partial charge in [-0.1, -0.05) is 18.6 Å². The summed E-state index contributed by atoms with van der Waals surface area (Å²) in [5, 5.41) is 13.1. The van der Waals surface area contributed by atoms with Gasteiger partial charge >= 0.3 is 5.97 Å². The summed E-state index contributed by atoms with van der Waals surface area (Å²) in [6.45, 7) is 1.34. The highest BCUT2D eigenvalue weighted by Gasteiger charge is 2.29. The molecular weight excluding hydrogens is 326 g/mol. The van der Waals surface area contributed by atoms with Crippen molar-refractivity contribution in [2.24, 2.45) is 0 Å². The number of nitrogens with one attached hydrogen (secondary N) is 1. The molecule has 2 N–H and O–H groups in total. The standard InChI is InChI=1S/C17H21N3O3S/c21-15(11-20-10-4-3-6-13(20)17(22)23)18-9-8-16-19-12-5-1-2-7-14(12)24-16/h1-2,5,7,13H,3-4,6,8-11H2,(H,18,21)(H,22,23). The number of benzene rings is 1. The number of thiazole rings is 1. The number of carboxylic acid groups (broad SMARTS) is 1. The first-order chi connectivity index (χ1) is 11.6. The fraction of sp³-hybridized carbons (Fsp3) is 0.471. The molecule has 1 amide bonds. The molecule has 0 aliphatic carbocycles. The van der Waals surface area contributed by atoms with Crippen molar-refractivity contribution in [1.29, 1.82) is 0 Å². The Morgan fingerprint density at radius 2 is 2.17 bits per heavy atom. The van der Waals surface area contributed by atoms with E-state index in [0.29, 0.717) is 25.9 Å². The number of carbonyl (C=O) groups excluding carboxylic acids is 1. The summed E-state index contributed by atoms with van der Waals surface area (Å²) in [6.07, 6.45) is 3.16. The van der Waals surface area contributed by atoms with Crippen LogP contribution in [0.4, 0.5) is 0 Å². The van der Waals surface area contributed by atoms with Crippen LogP contribution in [0.3, 0.4) is 0 Å². The molecule has 1 saturated heterocycles. The van der Waals surface area contributed by atoms with E-state index in [1.54, 1.807) is 16.2 Å². The average Bonchev–Trinajstić information content (AvgIpc) is 2.97. The van der Waals surface area contributed by atoms with Crippen LogP contribution in [-0.4, -0.2) is 52.5 Å². The van der Waals surface area contributed by atoms with E-state index in [0.717, 1.165) is 28.1 Å². The number of aliphatic carboxylic acids is 1. The lowest BCUT2D eigenvalue weighted by Gasteiger charge is -2.32. The van der Waals surface area contributed by atoms with Crippen LogP contribution in [0.25, 0.3) is 10.2 Å². The van der Waals surface area contributed by atoms with Gasteiger partial charge in [-0.05, 0) is 31.5 Å². The Balaban J connectivity index is 1.47. The summed E-state index contributed by atoms with van der Waals surface area (Å²) < 4.78 is 1.15. The number of piperidine rings is 1. The van der Waals surface area contributed by atoms with E-state index in [2.05, 4.69) is 10.3 Å². The lowest BCUT2D eigenvalue weighted by Crippen LogP contribution is -2.49. The summed E-state index contributed by atoms with van der Waals surface area (Å²) in [4.78, 5) is 29.6. The van der Waals surface area contributed by atoms with Crippen molar-refractivity contribution in [3.63, 3.8) is 0 Å². The molecule has 1 fully saturated rings. The maximum atomic E-state index is 12.1. The van der Waals surface area contributed by atoms with Gasteiger partial charge < -0.3 is 10.4 Å². The maximum absolute atomic E-state index is 12.1. The predicted molar refractivity (Wildman–Crippen MR) is 93.2 cm³/mol. The zero-order chi connectivity index (χ0) is 16.9. The number of hydrogen-bond donors (Lipinski definition) is 2. The van der Waals surface area contributed by atoms with Crippen LogP contribution >= 0.6 is 11.3 Å². The number of carbonyl (C=O) groups is 2. The molecule has 1 aliphatic heterocycles. The van der Waals surface area contributed by atoms with E-state index in [9.17, 15) is 14.7 Å². The van der Waals surface area contributed by atoms with Gasteiger partial charge in [-0.15, -0.1) is 11.3 Å². The predicted octanol–water partition coefficient (Wildman–Crippen LogP) is 1.89. The monoisotopic (exact) mass is 347 g/mol. The Kier molecular flexibility index (Phi) is 5.42. The van der Waals surface area contributed by atoms with Crippen LogP contribution in [0.2, 0.25) is 0 Å². The van der Waals surface area contributed by atoms with Crippen molar-refractivity contribution in [3.8, 4) is 0 Å². The second kappa shape index (κ2) is 7.72. The molecule has 1 unspecified atom stereocenters. The molecule has 0 radical (unpaired) electrons. The average molecular weight is 347 g/mol. The molecule has 6 nitrogen and oxygen atoms in total. The molecule has 0 bridgehead atoms. The first-order valence-corrected chi connectivity index (χ1v) is 9.03. The van der Waals surface area contributed by atoms with Crippen LogP contribution in [0.15, 0.2) is 24.3 Å².